The summed E-state index contributed by atoms with van der Waals surface area (Å²) in [7, 11) is 1.63. The number of hydrogen-bond acceptors (Lipinski definition) is 5. The molecule has 3 aromatic rings. The van der Waals surface area contributed by atoms with Crippen molar-refractivity contribution in [2.24, 2.45) is 0 Å². The lowest BCUT2D eigenvalue weighted by molar-refractivity contribution is -0.157. The number of fused-ring (bicyclic) bond motifs is 1. The molecule has 2 atom stereocenters. The zero-order valence-corrected chi connectivity index (χ0v) is 17.4. The summed E-state index contributed by atoms with van der Waals surface area (Å²) in [6, 6.07) is 15.9. The molecule has 0 spiro atoms. The number of benzene rings is 2. The van der Waals surface area contributed by atoms with E-state index in [-0.39, 0.29) is 18.4 Å². The Morgan fingerprint density at radius 3 is 2.74 bits per heavy atom. The number of aromatic amines is 1. The van der Waals surface area contributed by atoms with Crippen LogP contribution in [0.4, 0.5) is 0 Å². The van der Waals surface area contributed by atoms with Crippen LogP contribution in [0.5, 0.6) is 5.75 Å². The summed E-state index contributed by atoms with van der Waals surface area (Å²) in [5, 5.41) is 4.01. The molecule has 0 bridgehead atoms. The highest BCUT2D eigenvalue weighted by Crippen LogP contribution is 2.31. The molecule has 31 heavy (non-hydrogen) atoms. The number of carbonyl (C=O) groups is 2. The molecule has 2 N–H and O–H groups in total. The molecule has 1 aromatic heterocycles. The molecular formula is C24H26N2O5. The summed E-state index contributed by atoms with van der Waals surface area (Å²) in [6.45, 7) is 0.604. The second-order valence-electron chi connectivity index (χ2n) is 7.53. The number of H-pyrrole nitrogens is 1. The van der Waals surface area contributed by atoms with E-state index in [9.17, 15) is 9.59 Å². The van der Waals surface area contributed by atoms with Crippen LogP contribution in [-0.2, 0) is 19.1 Å². The third-order valence-electron chi connectivity index (χ3n) is 5.56. The number of nitrogens with one attached hydrogen (secondary N) is 2. The van der Waals surface area contributed by atoms with Crippen molar-refractivity contribution >= 4 is 22.8 Å². The van der Waals surface area contributed by atoms with Crippen LogP contribution in [0.1, 0.15) is 29.9 Å². The highest BCUT2D eigenvalue weighted by molar-refractivity contribution is 5.85. The zero-order chi connectivity index (χ0) is 21.6. The van der Waals surface area contributed by atoms with Crippen molar-refractivity contribution in [2.75, 3.05) is 26.9 Å². The summed E-state index contributed by atoms with van der Waals surface area (Å²) in [4.78, 5) is 27.6. The predicted octanol–water partition coefficient (Wildman–Crippen LogP) is 3.15. The molecule has 1 amide bonds. The van der Waals surface area contributed by atoms with Crippen LogP contribution in [-0.4, -0.2) is 49.8 Å². The lowest BCUT2D eigenvalue weighted by Gasteiger charge is -2.19. The van der Waals surface area contributed by atoms with E-state index < -0.39 is 12.1 Å². The lowest BCUT2D eigenvalue weighted by atomic mass is 9.91. The maximum absolute atomic E-state index is 12.4. The number of esters is 1. The Morgan fingerprint density at radius 1 is 1.19 bits per heavy atom. The smallest absolute Gasteiger partial charge is 0.335 e. The molecule has 1 aliphatic heterocycles. The number of para-hydroxylation sites is 1. The van der Waals surface area contributed by atoms with E-state index >= 15 is 0 Å². The van der Waals surface area contributed by atoms with Crippen molar-refractivity contribution < 1.29 is 23.8 Å². The monoisotopic (exact) mass is 422 g/mol. The van der Waals surface area contributed by atoms with E-state index in [1.807, 2.05) is 48.7 Å². The Bertz CT molecular complexity index is 1040. The van der Waals surface area contributed by atoms with E-state index in [0.717, 1.165) is 34.2 Å². The van der Waals surface area contributed by atoms with Crippen molar-refractivity contribution in [2.45, 2.75) is 24.9 Å². The summed E-state index contributed by atoms with van der Waals surface area (Å²) < 4.78 is 15.7. The molecule has 162 valence electrons. The Balaban J connectivity index is 1.46. The van der Waals surface area contributed by atoms with Crippen LogP contribution >= 0.6 is 0 Å². The van der Waals surface area contributed by atoms with E-state index in [4.69, 9.17) is 14.2 Å². The molecular weight excluding hydrogens is 396 g/mol. The normalized spacial score (nSPS) is 16.7. The Morgan fingerprint density at radius 2 is 2.00 bits per heavy atom. The molecule has 2 heterocycles. The lowest BCUT2D eigenvalue weighted by Crippen LogP contribution is -2.34. The van der Waals surface area contributed by atoms with E-state index in [1.54, 1.807) is 7.11 Å². The molecule has 1 aliphatic rings. The Hall–Kier alpha value is -3.32. The maximum Gasteiger partial charge on any atom is 0.335 e. The fourth-order valence-corrected chi connectivity index (χ4v) is 3.89. The van der Waals surface area contributed by atoms with Gasteiger partial charge in [0.15, 0.2) is 12.7 Å². The molecule has 1 saturated heterocycles. The summed E-state index contributed by atoms with van der Waals surface area (Å²) in [5.41, 5.74) is 3.16. The highest BCUT2D eigenvalue weighted by Gasteiger charge is 2.26. The van der Waals surface area contributed by atoms with Crippen LogP contribution in [0.2, 0.25) is 0 Å². The Kier molecular flexibility index (Phi) is 6.52. The van der Waals surface area contributed by atoms with Crippen LogP contribution in [0.25, 0.3) is 10.9 Å². The number of hydrogen-bond donors (Lipinski definition) is 2. The molecule has 0 unspecified atom stereocenters. The quantitative estimate of drug-likeness (QED) is 0.545. The minimum absolute atomic E-state index is 0.0835. The van der Waals surface area contributed by atoms with Crippen LogP contribution in [0.3, 0.4) is 0 Å². The van der Waals surface area contributed by atoms with Crippen molar-refractivity contribution in [1.82, 2.24) is 10.3 Å². The summed E-state index contributed by atoms with van der Waals surface area (Å²) >= 11 is 0. The van der Waals surface area contributed by atoms with Crippen LogP contribution in [0.15, 0.2) is 54.7 Å². The van der Waals surface area contributed by atoms with Crippen molar-refractivity contribution in [3.63, 3.8) is 0 Å². The molecule has 1 fully saturated rings. The SMILES string of the molecule is COc1ccc([C@@H](CNC(=O)COC(=O)[C@H]2CCCO2)c2c[nH]c3ccccc23)cc1. The number of rotatable bonds is 8. The predicted molar refractivity (Wildman–Crippen MR) is 116 cm³/mol. The molecule has 4 rings (SSSR count). The molecule has 0 aliphatic carbocycles. The van der Waals surface area contributed by atoms with Gasteiger partial charge in [0.25, 0.3) is 5.91 Å². The van der Waals surface area contributed by atoms with Crippen molar-refractivity contribution in [1.29, 1.82) is 0 Å². The number of aromatic nitrogens is 1. The van der Waals surface area contributed by atoms with Gasteiger partial charge in [0.2, 0.25) is 0 Å². The zero-order valence-electron chi connectivity index (χ0n) is 17.4. The largest absolute Gasteiger partial charge is 0.497 e. The molecule has 0 radical (unpaired) electrons. The van der Waals surface area contributed by atoms with Gasteiger partial charge in [-0.2, -0.15) is 0 Å². The summed E-state index contributed by atoms with van der Waals surface area (Å²) in [6.07, 6.45) is 2.90. The minimum Gasteiger partial charge on any atom is -0.497 e. The summed E-state index contributed by atoms with van der Waals surface area (Å²) in [5.74, 6) is -0.132. The topological polar surface area (TPSA) is 89.7 Å². The van der Waals surface area contributed by atoms with Gasteiger partial charge >= 0.3 is 5.97 Å². The third-order valence-corrected chi connectivity index (χ3v) is 5.56. The average Bonchev–Trinajstić information content (AvgIpc) is 3.49. The number of amides is 1. The minimum atomic E-state index is -0.550. The maximum atomic E-state index is 12.4. The first-order valence-corrected chi connectivity index (χ1v) is 10.4. The van der Waals surface area contributed by atoms with Crippen LogP contribution < -0.4 is 10.1 Å². The van der Waals surface area contributed by atoms with Gasteiger partial charge in [-0.3, -0.25) is 4.79 Å². The van der Waals surface area contributed by atoms with Gasteiger partial charge < -0.3 is 24.5 Å². The fourth-order valence-electron chi connectivity index (χ4n) is 3.89. The molecule has 7 nitrogen and oxygen atoms in total. The van der Waals surface area contributed by atoms with Gasteiger partial charge in [-0.15, -0.1) is 0 Å². The first kappa shape index (κ1) is 20.9. The van der Waals surface area contributed by atoms with Gasteiger partial charge in [-0.25, -0.2) is 4.79 Å². The van der Waals surface area contributed by atoms with Gasteiger partial charge in [-0.05, 0) is 42.2 Å². The molecule has 2 aromatic carbocycles. The number of methoxy groups -OCH3 is 1. The second-order valence-corrected chi connectivity index (χ2v) is 7.53. The van der Waals surface area contributed by atoms with Crippen molar-refractivity contribution in [3.8, 4) is 5.75 Å². The van der Waals surface area contributed by atoms with Gasteiger partial charge in [0.1, 0.15) is 5.75 Å². The van der Waals surface area contributed by atoms with Gasteiger partial charge in [0.05, 0.1) is 7.11 Å². The fraction of sp³-hybridized carbons (Fsp3) is 0.333. The van der Waals surface area contributed by atoms with E-state index in [0.29, 0.717) is 19.6 Å². The van der Waals surface area contributed by atoms with E-state index in [1.165, 1.54) is 0 Å². The standard InChI is InChI=1S/C24H26N2O5/c1-29-17-10-8-16(9-11-17)19(20-14-25-21-6-3-2-5-18(20)21)13-26-23(27)15-31-24(28)22-7-4-12-30-22/h2-3,5-6,8-11,14,19,22,25H,4,7,12-13,15H2,1H3,(H,26,27)/t19-,22-/m1/s1. The Labute approximate surface area is 180 Å². The van der Waals surface area contributed by atoms with Crippen molar-refractivity contribution in [3.05, 3.63) is 65.9 Å². The van der Waals surface area contributed by atoms with Gasteiger partial charge in [-0.1, -0.05) is 30.3 Å². The second kappa shape index (κ2) is 9.66. The van der Waals surface area contributed by atoms with E-state index in [2.05, 4.69) is 16.4 Å². The third kappa shape index (κ3) is 4.88. The van der Waals surface area contributed by atoms with Crippen LogP contribution in [0, 0.1) is 0 Å². The molecule has 7 heteroatoms. The highest BCUT2D eigenvalue weighted by atomic mass is 16.6. The van der Waals surface area contributed by atoms with Gasteiger partial charge in [0, 0.05) is 36.2 Å². The molecule has 0 saturated carbocycles. The first-order valence-electron chi connectivity index (χ1n) is 10.4. The number of ether oxygens (including phenoxy) is 3. The number of carbonyl (C=O) groups excluding carboxylic acids is 2. The average molecular weight is 422 g/mol. The first-order chi connectivity index (χ1) is 15.2.